The van der Waals surface area contributed by atoms with Crippen LogP contribution < -0.4 is 5.32 Å². The predicted molar refractivity (Wildman–Crippen MR) is 122 cm³/mol. The van der Waals surface area contributed by atoms with Crippen LogP contribution in [0.25, 0.3) is 0 Å². The first-order chi connectivity index (χ1) is 14.7. The molecule has 2 aliphatic heterocycles. The molecule has 1 N–H and O–H groups in total. The Hall–Kier alpha value is -1.82. The lowest BCUT2D eigenvalue weighted by Gasteiger charge is -2.41. The maximum absolute atomic E-state index is 12.7. The average Bonchev–Trinajstić information content (AvgIpc) is 3.24. The number of likely N-dealkylation sites (tertiary alicyclic amines) is 2. The Balaban J connectivity index is 1.35. The second-order valence-corrected chi connectivity index (χ2v) is 10.8. The quantitative estimate of drug-likeness (QED) is 0.707. The van der Waals surface area contributed by atoms with E-state index in [9.17, 15) is 9.59 Å². The van der Waals surface area contributed by atoms with Crippen molar-refractivity contribution < 1.29 is 14.0 Å². The summed E-state index contributed by atoms with van der Waals surface area (Å²) in [6.07, 6.45) is 7.30. The molecular formula is C25H41N3O3. The van der Waals surface area contributed by atoms with Crippen LogP contribution >= 0.6 is 0 Å². The molecule has 2 aliphatic rings. The fourth-order valence-electron chi connectivity index (χ4n) is 5.28. The molecule has 1 atom stereocenters. The Labute approximate surface area is 187 Å². The van der Waals surface area contributed by atoms with E-state index in [1.54, 1.807) is 6.26 Å². The van der Waals surface area contributed by atoms with Gasteiger partial charge in [0.1, 0.15) is 5.76 Å². The summed E-state index contributed by atoms with van der Waals surface area (Å²) in [5.41, 5.74) is 0.272. The standard InChI is InChI=1S/C25H41N3O3/c1-19(17-25(2,3)4)16-23(29)28-13-9-21(10-14-28)27-11-7-20(8-12-27)24(30)26-18-22-6-5-15-31-22/h5-6,15,19-21H,7-14,16-18H2,1-4H3,(H,26,30). The summed E-state index contributed by atoms with van der Waals surface area (Å²) in [5.74, 6) is 1.78. The molecule has 0 aliphatic carbocycles. The third-order valence-corrected chi connectivity index (χ3v) is 6.73. The summed E-state index contributed by atoms with van der Waals surface area (Å²) in [4.78, 5) is 29.8. The highest BCUT2D eigenvalue weighted by Crippen LogP contribution is 2.28. The van der Waals surface area contributed by atoms with Gasteiger partial charge in [-0.3, -0.25) is 9.59 Å². The van der Waals surface area contributed by atoms with E-state index in [0.29, 0.717) is 30.8 Å². The molecule has 1 unspecified atom stereocenters. The summed E-state index contributed by atoms with van der Waals surface area (Å²) in [5, 5.41) is 3.00. The maximum Gasteiger partial charge on any atom is 0.223 e. The minimum atomic E-state index is 0.0946. The molecule has 1 aromatic rings. The van der Waals surface area contributed by atoms with Gasteiger partial charge in [0.25, 0.3) is 0 Å². The molecular weight excluding hydrogens is 390 g/mol. The topological polar surface area (TPSA) is 65.8 Å². The van der Waals surface area contributed by atoms with E-state index in [0.717, 1.165) is 64.0 Å². The molecule has 0 saturated carbocycles. The van der Waals surface area contributed by atoms with Crippen LogP contribution in [0.4, 0.5) is 0 Å². The molecule has 0 bridgehead atoms. The largest absolute Gasteiger partial charge is 0.467 e. The summed E-state index contributed by atoms with van der Waals surface area (Å²) in [6, 6.07) is 4.26. The number of piperidine rings is 2. The Morgan fingerprint density at radius 1 is 1.13 bits per heavy atom. The number of amides is 2. The zero-order valence-electron chi connectivity index (χ0n) is 19.9. The van der Waals surface area contributed by atoms with Crippen LogP contribution in [0.15, 0.2) is 22.8 Å². The lowest BCUT2D eigenvalue weighted by Crippen LogP contribution is -2.50. The first kappa shape index (κ1) is 23.8. The molecule has 0 spiro atoms. The van der Waals surface area contributed by atoms with Gasteiger partial charge >= 0.3 is 0 Å². The molecule has 3 heterocycles. The zero-order chi connectivity index (χ0) is 22.4. The van der Waals surface area contributed by atoms with E-state index in [1.807, 2.05) is 12.1 Å². The summed E-state index contributed by atoms with van der Waals surface area (Å²) in [7, 11) is 0. The molecule has 6 heteroatoms. The Morgan fingerprint density at radius 3 is 2.39 bits per heavy atom. The average molecular weight is 432 g/mol. The lowest BCUT2D eigenvalue weighted by atomic mass is 9.84. The number of nitrogens with one attached hydrogen (secondary N) is 1. The van der Waals surface area contributed by atoms with Crippen molar-refractivity contribution in [2.75, 3.05) is 26.2 Å². The summed E-state index contributed by atoms with van der Waals surface area (Å²) in [6.45, 7) is 13.1. The van der Waals surface area contributed by atoms with Gasteiger partial charge in [-0.25, -0.2) is 0 Å². The van der Waals surface area contributed by atoms with Gasteiger partial charge in [0.15, 0.2) is 0 Å². The van der Waals surface area contributed by atoms with Crippen LogP contribution in [-0.4, -0.2) is 53.8 Å². The van der Waals surface area contributed by atoms with Crippen LogP contribution in [-0.2, 0) is 16.1 Å². The van der Waals surface area contributed by atoms with Gasteiger partial charge in [-0.15, -0.1) is 0 Å². The zero-order valence-corrected chi connectivity index (χ0v) is 19.9. The predicted octanol–water partition coefficient (Wildman–Crippen LogP) is 4.06. The Morgan fingerprint density at radius 2 is 1.81 bits per heavy atom. The van der Waals surface area contributed by atoms with E-state index >= 15 is 0 Å². The maximum atomic E-state index is 12.7. The molecule has 2 amide bonds. The van der Waals surface area contributed by atoms with Crippen molar-refractivity contribution in [1.82, 2.24) is 15.1 Å². The van der Waals surface area contributed by atoms with Gasteiger partial charge < -0.3 is 19.5 Å². The van der Waals surface area contributed by atoms with Crippen molar-refractivity contribution in [3.05, 3.63) is 24.2 Å². The van der Waals surface area contributed by atoms with E-state index in [2.05, 4.69) is 42.8 Å². The smallest absolute Gasteiger partial charge is 0.223 e. The van der Waals surface area contributed by atoms with Crippen molar-refractivity contribution in [2.24, 2.45) is 17.3 Å². The fraction of sp³-hybridized carbons (Fsp3) is 0.760. The first-order valence-electron chi connectivity index (χ1n) is 12.0. The highest BCUT2D eigenvalue weighted by atomic mass is 16.3. The van der Waals surface area contributed by atoms with Crippen LogP contribution in [0.2, 0.25) is 0 Å². The van der Waals surface area contributed by atoms with Gasteiger partial charge in [0, 0.05) is 31.5 Å². The van der Waals surface area contributed by atoms with Gasteiger partial charge in [-0.05, 0) is 68.7 Å². The highest BCUT2D eigenvalue weighted by Gasteiger charge is 2.32. The summed E-state index contributed by atoms with van der Waals surface area (Å²) >= 11 is 0. The third-order valence-electron chi connectivity index (χ3n) is 6.73. The molecule has 2 fully saturated rings. The van der Waals surface area contributed by atoms with Gasteiger partial charge in [0.05, 0.1) is 12.8 Å². The monoisotopic (exact) mass is 431 g/mol. The number of furan rings is 1. The van der Waals surface area contributed by atoms with Crippen molar-refractivity contribution in [3.63, 3.8) is 0 Å². The Kier molecular flexibility index (Phi) is 8.20. The van der Waals surface area contributed by atoms with E-state index < -0.39 is 0 Å². The number of carbonyl (C=O) groups is 2. The van der Waals surface area contributed by atoms with Crippen molar-refractivity contribution in [1.29, 1.82) is 0 Å². The molecule has 3 rings (SSSR count). The van der Waals surface area contributed by atoms with E-state index in [-0.39, 0.29) is 17.2 Å². The summed E-state index contributed by atoms with van der Waals surface area (Å²) < 4.78 is 5.28. The number of hydrogen-bond donors (Lipinski definition) is 1. The number of nitrogens with zero attached hydrogens (tertiary/aromatic N) is 2. The van der Waals surface area contributed by atoms with Crippen molar-refractivity contribution >= 4 is 11.8 Å². The van der Waals surface area contributed by atoms with Crippen molar-refractivity contribution in [2.45, 2.75) is 78.8 Å². The molecule has 31 heavy (non-hydrogen) atoms. The second kappa shape index (κ2) is 10.7. The number of hydrogen-bond acceptors (Lipinski definition) is 4. The van der Waals surface area contributed by atoms with Gasteiger partial charge in [-0.2, -0.15) is 0 Å². The van der Waals surface area contributed by atoms with Crippen molar-refractivity contribution in [3.8, 4) is 0 Å². The SMILES string of the molecule is CC(CC(=O)N1CCC(N2CCC(C(=O)NCc3ccco3)CC2)CC1)CC(C)(C)C. The third kappa shape index (κ3) is 7.37. The van der Waals surface area contributed by atoms with Crippen LogP contribution in [0.3, 0.4) is 0 Å². The van der Waals surface area contributed by atoms with E-state index in [4.69, 9.17) is 4.42 Å². The second-order valence-electron chi connectivity index (χ2n) is 10.8. The van der Waals surface area contributed by atoms with E-state index in [1.165, 1.54) is 0 Å². The number of rotatable bonds is 7. The molecule has 0 aromatic carbocycles. The number of carbonyl (C=O) groups excluding carboxylic acids is 2. The normalized spacial score (nSPS) is 20.6. The molecule has 6 nitrogen and oxygen atoms in total. The lowest BCUT2D eigenvalue weighted by molar-refractivity contribution is -0.134. The highest BCUT2D eigenvalue weighted by molar-refractivity contribution is 5.78. The minimum Gasteiger partial charge on any atom is -0.467 e. The fourth-order valence-corrected chi connectivity index (χ4v) is 5.28. The van der Waals surface area contributed by atoms with Crippen LogP contribution in [0, 0.1) is 17.3 Å². The molecule has 0 radical (unpaired) electrons. The first-order valence-corrected chi connectivity index (χ1v) is 12.0. The molecule has 2 saturated heterocycles. The van der Waals surface area contributed by atoms with Crippen LogP contribution in [0.5, 0.6) is 0 Å². The van der Waals surface area contributed by atoms with Gasteiger partial charge in [0.2, 0.25) is 11.8 Å². The molecule has 1 aromatic heterocycles. The van der Waals surface area contributed by atoms with Crippen LogP contribution in [0.1, 0.15) is 72.0 Å². The Bertz CT molecular complexity index is 694. The van der Waals surface area contributed by atoms with Gasteiger partial charge in [-0.1, -0.05) is 27.7 Å². The minimum absolute atomic E-state index is 0.0946. The molecule has 174 valence electrons.